The number of carbonyl (C=O) groups is 2. The summed E-state index contributed by atoms with van der Waals surface area (Å²) in [7, 11) is 0. The number of unbranched alkanes of at least 4 members (excludes halogenated alkanes) is 1. The molecule has 7 nitrogen and oxygen atoms in total. The smallest absolute Gasteiger partial charge is 0.336 e. The molecule has 1 heterocycles. The second-order valence-corrected chi connectivity index (χ2v) is 5.94. The van der Waals surface area contributed by atoms with E-state index in [9.17, 15) is 14.4 Å². The first kappa shape index (κ1) is 19.5. The Morgan fingerprint density at radius 2 is 1.96 bits per heavy atom. The van der Waals surface area contributed by atoms with Gasteiger partial charge < -0.3 is 14.5 Å². The minimum absolute atomic E-state index is 0.314. The monoisotopic (exact) mass is 360 g/mol. The van der Waals surface area contributed by atoms with Crippen LogP contribution in [0.4, 0.5) is 4.79 Å². The van der Waals surface area contributed by atoms with E-state index in [0.29, 0.717) is 17.9 Å². The van der Waals surface area contributed by atoms with E-state index < -0.39 is 17.6 Å². The average molecular weight is 360 g/mol. The number of aryl methyl sites for hydroxylation is 1. The zero-order chi connectivity index (χ0) is 18.9. The Morgan fingerprint density at radius 3 is 2.69 bits per heavy atom. The van der Waals surface area contributed by atoms with Crippen molar-refractivity contribution in [1.29, 1.82) is 0 Å². The van der Waals surface area contributed by atoms with Crippen LogP contribution in [-0.2, 0) is 11.2 Å². The number of ether oxygens (including phenoxy) is 1. The van der Waals surface area contributed by atoms with Gasteiger partial charge in [-0.3, -0.25) is 10.1 Å². The van der Waals surface area contributed by atoms with Gasteiger partial charge in [0.25, 0.3) is 5.91 Å². The molecule has 7 heteroatoms. The van der Waals surface area contributed by atoms with Crippen molar-refractivity contribution < 1.29 is 18.7 Å². The summed E-state index contributed by atoms with van der Waals surface area (Å²) in [5, 5.41) is 5.62. The number of hydrogen-bond acceptors (Lipinski definition) is 5. The molecule has 0 bridgehead atoms. The fraction of sp³-hybridized carbons (Fsp3) is 0.421. The molecule has 2 rings (SSSR count). The van der Waals surface area contributed by atoms with Crippen LogP contribution in [-0.4, -0.2) is 25.1 Å². The first-order valence-electron chi connectivity index (χ1n) is 8.80. The van der Waals surface area contributed by atoms with Crippen molar-refractivity contribution in [2.24, 2.45) is 0 Å². The fourth-order valence-corrected chi connectivity index (χ4v) is 2.51. The summed E-state index contributed by atoms with van der Waals surface area (Å²) in [6.45, 7) is 4.25. The van der Waals surface area contributed by atoms with Crippen molar-refractivity contribution in [3.8, 4) is 5.75 Å². The van der Waals surface area contributed by atoms with E-state index in [4.69, 9.17) is 9.15 Å². The van der Waals surface area contributed by atoms with E-state index in [1.807, 2.05) is 13.8 Å². The number of imide groups is 1. The summed E-state index contributed by atoms with van der Waals surface area (Å²) in [5.41, 5.74) is 0.919. The van der Waals surface area contributed by atoms with Crippen LogP contribution in [0.3, 0.4) is 0 Å². The molecule has 0 saturated heterocycles. The minimum Gasteiger partial charge on any atom is -0.484 e. The van der Waals surface area contributed by atoms with Crippen LogP contribution in [0.15, 0.2) is 33.5 Å². The van der Waals surface area contributed by atoms with Crippen LogP contribution in [0.25, 0.3) is 11.0 Å². The summed E-state index contributed by atoms with van der Waals surface area (Å²) >= 11 is 0. The van der Waals surface area contributed by atoms with E-state index in [-0.39, 0.29) is 6.61 Å². The van der Waals surface area contributed by atoms with Crippen LogP contribution in [0.1, 0.15) is 38.7 Å². The molecule has 3 amide bonds. The third-order valence-corrected chi connectivity index (χ3v) is 3.76. The quantitative estimate of drug-likeness (QED) is 0.557. The van der Waals surface area contributed by atoms with Gasteiger partial charge in [-0.15, -0.1) is 0 Å². The lowest BCUT2D eigenvalue weighted by atomic mass is 10.1. The Hall–Kier alpha value is -2.83. The van der Waals surface area contributed by atoms with Crippen LogP contribution in [0.5, 0.6) is 5.75 Å². The fourth-order valence-electron chi connectivity index (χ4n) is 2.51. The molecule has 0 unspecified atom stereocenters. The zero-order valence-electron chi connectivity index (χ0n) is 15.1. The standard InChI is InChI=1S/C19H24N2O5/c1-3-5-9-20-19(24)21-17(22)12-25-14-7-8-15-13(6-4-2)10-18(23)26-16(15)11-14/h7-8,10-11H,3-6,9,12H2,1-2H3,(H2,20,21,22,24). The number of amides is 3. The van der Waals surface area contributed by atoms with Crippen molar-refractivity contribution in [2.45, 2.75) is 39.5 Å². The van der Waals surface area contributed by atoms with E-state index in [1.165, 1.54) is 6.07 Å². The maximum atomic E-state index is 11.7. The molecule has 140 valence electrons. The topological polar surface area (TPSA) is 97.6 Å². The highest BCUT2D eigenvalue weighted by molar-refractivity contribution is 5.95. The van der Waals surface area contributed by atoms with Crippen LogP contribution >= 0.6 is 0 Å². The van der Waals surface area contributed by atoms with E-state index in [0.717, 1.165) is 36.6 Å². The number of nitrogens with one attached hydrogen (secondary N) is 2. The number of hydrogen-bond donors (Lipinski definition) is 2. The van der Waals surface area contributed by atoms with Crippen molar-refractivity contribution in [1.82, 2.24) is 10.6 Å². The third-order valence-electron chi connectivity index (χ3n) is 3.76. The lowest BCUT2D eigenvalue weighted by molar-refractivity contribution is -0.122. The molecule has 0 radical (unpaired) electrons. The molecular weight excluding hydrogens is 336 g/mol. The highest BCUT2D eigenvalue weighted by Gasteiger charge is 2.10. The molecule has 0 spiro atoms. The molecule has 0 aliphatic carbocycles. The number of urea groups is 1. The van der Waals surface area contributed by atoms with Gasteiger partial charge >= 0.3 is 11.7 Å². The van der Waals surface area contributed by atoms with E-state index in [2.05, 4.69) is 10.6 Å². The maximum absolute atomic E-state index is 11.7. The largest absolute Gasteiger partial charge is 0.484 e. The first-order valence-corrected chi connectivity index (χ1v) is 8.80. The molecule has 1 aromatic heterocycles. The van der Waals surface area contributed by atoms with Gasteiger partial charge in [0, 0.05) is 24.1 Å². The summed E-state index contributed by atoms with van der Waals surface area (Å²) in [5.74, 6) is -0.170. The van der Waals surface area contributed by atoms with Gasteiger partial charge in [-0.25, -0.2) is 9.59 Å². The van der Waals surface area contributed by atoms with Crippen LogP contribution < -0.4 is 21.0 Å². The minimum atomic E-state index is -0.555. The maximum Gasteiger partial charge on any atom is 0.336 e. The molecule has 1 aromatic carbocycles. The van der Waals surface area contributed by atoms with E-state index >= 15 is 0 Å². The van der Waals surface area contributed by atoms with Crippen molar-refractivity contribution in [3.63, 3.8) is 0 Å². The Kier molecular flexibility index (Phi) is 7.20. The Balaban J connectivity index is 1.97. The molecular formula is C19H24N2O5. The summed E-state index contributed by atoms with van der Waals surface area (Å²) < 4.78 is 10.6. The van der Waals surface area contributed by atoms with Crippen molar-refractivity contribution in [2.75, 3.05) is 13.2 Å². The number of carbonyl (C=O) groups excluding carboxylic acids is 2. The predicted molar refractivity (Wildman–Crippen MR) is 98.4 cm³/mol. The zero-order valence-corrected chi connectivity index (χ0v) is 15.1. The van der Waals surface area contributed by atoms with Crippen LogP contribution in [0, 0.1) is 0 Å². The van der Waals surface area contributed by atoms with Gasteiger partial charge in [-0.2, -0.15) is 0 Å². The normalized spacial score (nSPS) is 10.5. The van der Waals surface area contributed by atoms with Gasteiger partial charge in [0.1, 0.15) is 11.3 Å². The molecule has 2 aromatic rings. The lowest BCUT2D eigenvalue weighted by Gasteiger charge is -2.09. The molecule has 0 aliphatic heterocycles. The Labute approximate surface area is 151 Å². The van der Waals surface area contributed by atoms with Gasteiger partial charge in [-0.1, -0.05) is 26.7 Å². The van der Waals surface area contributed by atoms with Crippen LogP contribution in [0.2, 0.25) is 0 Å². The molecule has 2 N–H and O–H groups in total. The average Bonchev–Trinajstić information content (AvgIpc) is 2.60. The molecule has 26 heavy (non-hydrogen) atoms. The number of rotatable bonds is 8. The van der Waals surface area contributed by atoms with Crippen molar-refractivity contribution in [3.05, 3.63) is 40.2 Å². The number of fused-ring (bicyclic) bond motifs is 1. The van der Waals surface area contributed by atoms with E-state index in [1.54, 1.807) is 18.2 Å². The van der Waals surface area contributed by atoms with Gasteiger partial charge in [0.05, 0.1) is 0 Å². The van der Waals surface area contributed by atoms with Gasteiger partial charge in [0.15, 0.2) is 6.61 Å². The molecule has 0 atom stereocenters. The summed E-state index contributed by atoms with van der Waals surface area (Å²) in [6, 6.07) is 6.03. The third kappa shape index (κ3) is 5.61. The van der Waals surface area contributed by atoms with Gasteiger partial charge in [-0.05, 0) is 30.5 Å². The summed E-state index contributed by atoms with van der Waals surface area (Å²) in [4.78, 5) is 34.9. The lowest BCUT2D eigenvalue weighted by Crippen LogP contribution is -2.41. The SMILES string of the molecule is CCCCNC(=O)NC(=O)COc1ccc2c(CCC)cc(=O)oc2c1. The van der Waals surface area contributed by atoms with Gasteiger partial charge in [0.2, 0.25) is 0 Å². The highest BCUT2D eigenvalue weighted by atomic mass is 16.5. The second-order valence-electron chi connectivity index (χ2n) is 5.94. The van der Waals surface area contributed by atoms with Crippen molar-refractivity contribution >= 4 is 22.9 Å². The Morgan fingerprint density at radius 1 is 1.15 bits per heavy atom. The molecule has 0 aliphatic rings. The predicted octanol–water partition coefficient (Wildman–Crippen LogP) is 2.75. The molecule has 0 fully saturated rings. The molecule has 0 saturated carbocycles. The second kappa shape index (κ2) is 9.60. The highest BCUT2D eigenvalue weighted by Crippen LogP contribution is 2.23. The number of benzene rings is 1. The first-order chi connectivity index (χ1) is 12.5. The summed E-state index contributed by atoms with van der Waals surface area (Å²) in [6.07, 6.45) is 3.49. The Bertz CT molecular complexity index is 828.